The van der Waals surface area contributed by atoms with E-state index in [4.69, 9.17) is 9.47 Å². The van der Waals surface area contributed by atoms with Crippen LogP contribution in [0.4, 0.5) is 0 Å². The maximum absolute atomic E-state index is 12.0. The van der Waals surface area contributed by atoms with E-state index in [0.717, 1.165) is 19.5 Å². The van der Waals surface area contributed by atoms with Crippen LogP contribution in [0.25, 0.3) is 0 Å². The number of hydrogen-bond donors (Lipinski definition) is 0. The number of fused-ring (bicyclic) bond motifs is 1. The first kappa shape index (κ1) is 11.9. The van der Waals surface area contributed by atoms with E-state index in [1.54, 1.807) is 0 Å². The minimum Gasteiger partial charge on any atom is -0.458 e. The van der Waals surface area contributed by atoms with Gasteiger partial charge in [-0.3, -0.25) is 9.69 Å². The molecule has 2 saturated heterocycles. The quantitative estimate of drug-likeness (QED) is 0.676. The molecule has 0 saturated carbocycles. The molecule has 3 atom stereocenters. The second-order valence-electron chi connectivity index (χ2n) is 4.83. The molecule has 2 fully saturated rings. The van der Waals surface area contributed by atoms with Crippen LogP contribution in [0.3, 0.4) is 0 Å². The number of rotatable bonds is 3. The molecule has 0 N–H and O–H groups in total. The first-order chi connectivity index (χ1) is 7.62. The zero-order valence-corrected chi connectivity index (χ0v) is 10.4. The van der Waals surface area contributed by atoms with E-state index in [2.05, 4.69) is 18.7 Å². The van der Waals surface area contributed by atoms with E-state index in [1.807, 2.05) is 6.92 Å². The van der Waals surface area contributed by atoms with Crippen molar-refractivity contribution >= 4 is 5.97 Å². The molecule has 0 bridgehead atoms. The van der Waals surface area contributed by atoms with Crippen LogP contribution in [0.15, 0.2) is 0 Å². The fourth-order valence-corrected chi connectivity index (χ4v) is 2.87. The fraction of sp³-hybridized carbons (Fsp3) is 0.917. The largest absolute Gasteiger partial charge is 0.458 e. The second kappa shape index (κ2) is 4.34. The molecule has 0 radical (unpaired) electrons. The van der Waals surface area contributed by atoms with Crippen molar-refractivity contribution in [1.82, 2.24) is 4.90 Å². The Morgan fingerprint density at radius 1 is 1.44 bits per heavy atom. The predicted octanol–water partition coefficient (Wildman–Crippen LogP) is 1.05. The van der Waals surface area contributed by atoms with Gasteiger partial charge in [0.2, 0.25) is 0 Å². The van der Waals surface area contributed by atoms with Crippen LogP contribution in [-0.4, -0.2) is 48.8 Å². The lowest BCUT2D eigenvalue weighted by molar-refractivity contribution is -0.154. The molecule has 4 heteroatoms. The number of carbonyl (C=O) groups is 1. The monoisotopic (exact) mass is 227 g/mol. The Balaban J connectivity index is 2.21. The van der Waals surface area contributed by atoms with Gasteiger partial charge in [0.25, 0.3) is 0 Å². The molecule has 0 unspecified atom stereocenters. The Morgan fingerprint density at radius 3 is 2.75 bits per heavy atom. The van der Waals surface area contributed by atoms with Gasteiger partial charge in [-0.1, -0.05) is 13.8 Å². The van der Waals surface area contributed by atoms with E-state index < -0.39 is 0 Å². The normalized spacial score (nSPS) is 38.6. The second-order valence-corrected chi connectivity index (χ2v) is 4.83. The number of ether oxygens (including phenoxy) is 2. The number of carbonyl (C=O) groups excluding carboxylic acids is 1. The maximum atomic E-state index is 12.0. The molecule has 16 heavy (non-hydrogen) atoms. The molecular formula is C12H21NO3. The summed E-state index contributed by atoms with van der Waals surface area (Å²) in [4.78, 5) is 14.2. The molecule has 0 aliphatic carbocycles. The zero-order valence-electron chi connectivity index (χ0n) is 10.4. The van der Waals surface area contributed by atoms with Crippen LogP contribution in [0.2, 0.25) is 0 Å². The SMILES string of the molecule is CCN(CC)[C@@H]1C(=O)O[C@]2(C)CCOC[C@H]12. The lowest BCUT2D eigenvalue weighted by atomic mass is 9.82. The molecule has 2 heterocycles. The number of likely N-dealkylation sites (N-methyl/N-ethyl adjacent to an activating group) is 1. The van der Waals surface area contributed by atoms with Crippen molar-refractivity contribution in [2.45, 2.75) is 38.8 Å². The first-order valence-electron chi connectivity index (χ1n) is 6.17. The third-order valence-electron chi connectivity index (χ3n) is 3.99. The standard InChI is InChI=1S/C12H21NO3/c1-4-13(5-2)10-9-8-15-7-6-12(9,3)16-11(10)14/h9-10H,4-8H2,1-3H3/t9-,10+,12-/m1/s1. The molecule has 92 valence electrons. The average Bonchev–Trinajstić information content (AvgIpc) is 2.52. The van der Waals surface area contributed by atoms with Gasteiger partial charge in [0.15, 0.2) is 0 Å². The van der Waals surface area contributed by atoms with Gasteiger partial charge in [0.1, 0.15) is 11.6 Å². The van der Waals surface area contributed by atoms with Gasteiger partial charge in [-0.05, 0) is 20.0 Å². The van der Waals surface area contributed by atoms with Crippen LogP contribution in [-0.2, 0) is 14.3 Å². The maximum Gasteiger partial charge on any atom is 0.324 e. The van der Waals surface area contributed by atoms with Crippen LogP contribution in [0.1, 0.15) is 27.2 Å². The van der Waals surface area contributed by atoms with Crippen molar-refractivity contribution in [2.75, 3.05) is 26.3 Å². The van der Waals surface area contributed by atoms with E-state index in [-0.39, 0.29) is 23.5 Å². The Hall–Kier alpha value is -0.610. The molecule has 0 aromatic carbocycles. The summed E-state index contributed by atoms with van der Waals surface area (Å²) >= 11 is 0. The first-order valence-corrected chi connectivity index (χ1v) is 6.17. The van der Waals surface area contributed by atoms with Crippen molar-refractivity contribution in [3.05, 3.63) is 0 Å². The molecule has 2 aliphatic rings. The van der Waals surface area contributed by atoms with Gasteiger partial charge in [0, 0.05) is 12.3 Å². The van der Waals surface area contributed by atoms with Gasteiger partial charge in [-0.2, -0.15) is 0 Å². The Bertz CT molecular complexity index is 277. The third kappa shape index (κ3) is 1.74. The summed E-state index contributed by atoms with van der Waals surface area (Å²) < 4.78 is 11.1. The van der Waals surface area contributed by atoms with E-state index in [0.29, 0.717) is 13.2 Å². The minimum absolute atomic E-state index is 0.0679. The average molecular weight is 227 g/mol. The minimum atomic E-state index is -0.303. The van der Waals surface area contributed by atoms with Crippen molar-refractivity contribution in [2.24, 2.45) is 5.92 Å². The topological polar surface area (TPSA) is 38.8 Å². The summed E-state index contributed by atoms with van der Waals surface area (Å²) in [6.45, 7) is 9.30. The molecule has 0 aromatic rings. The molecule has 2 aliphatic heterocycles. The highest BCUT2D eigenvalue weighted by atomic mass is 16.6. The lowest BCUT2D eigenvalue weighted by Crippen LogP contribution is -2.49. The molecule has 4 nitrogen and oxygen atoms in total. The highest BCUT2D eigenvalue weighted by Crippen LogP contribution is 2.40. The van der Waals surface area contributed by atoms with Crippen molar-refractivity contribution in [3.8, 4) is 0 Å². The lowest BCUT2D eigenvalue weighted by Gasteiger charge is -2.37. The highest BCUT2D eigenvalue weighted by molar-refractivity contribution is 5.79. The predicted molar refractivity (Wildman–Crippen MR) is 60.1 cm³/mol. The third-order valence-corrected chi connectivity index (χ3v) is 3.99. The van der Waals surface area contributed by atoms with Gasteiger partial charge in [-0.15, -0.1) is 0 Å². The molecule has 0 spiro atoms. The molecule has 2 rings (SSSR count). The van der Waals surface area contributed by atoms with Gasteiger partial charge >= 0.3 is 5.97 Å². The van der Waals surface area contributed by atoms with E-state index in [1.165, 1.54) is 0 Å². The highest BCUT2D eigenvalue weighted by Gasteiger charge is 2.55. The Kier molecular flexibility index (Phi) is 3.22. The summed E-state index contributed by atoms with van der Waals surface area (Å²) in [7, 11) is 0. The van der Waals surface area contributed by atoms with Gasteiger partial charge in [-0.25, -0.2) is 0 Å². The smallest absolute Gasteiger partial charge is 0.324 e. The fourth-order valence-electron chi connectivity index (χ4n) is 2.87. The van der Waals surface area contributed by atoms with Crippen LogP contribution in [0.5, 0.6) is 0 Å². The summed E-state index contributed by atoms with van der Waals surface area (Å²) in [5.74, 6) is 0.121. The van der Waals surface area contributed by atoms with Crippen molar-refractivity contribution < 1.29 is 14.3 Å². The van der Waals surface area contributed by atoms with Crippen molar-refractivity contribution in [3.63, 3.8) is 0 Å². The number of hydrogen-bond acceptors (Lipinski definition) is 4. The summed E-state index contributed by atoms with van der Waals surface area (Å²) in [5, 5.41) is 0. The summed E-state index contributed by atoms with van der Waals surface area (Å²) in [5.41, 5.74) is -0.303. The van der Waals surface area contributed by atoms with Crippen LogP contribution < -0.4 is 0 Å². The summed E-state index contributed by atoms with van der Waals surface area (Å²) in [6, 6.07) is -0.111. The number of nitrogens with zero attached hydrogens (tertiary/aromatic N) is 1. The number of esters is 1. The van der Waals surface area contributed by atoms with Gasteiger partial charge in [0.05, 0.1) is 13.2 Å². The molecular weight excluding hydrogens is 206 g/mol. The van der Waals surface area contributed by atoms with Crippen LogP contribution >= 0.6 is 0 Å². The summed E-state index contributed by atoms with van der Waals surface area (Å²) in [6.07, 6.45) is 0.821. The Morgan fingerprint density at radius 2 is 2.12 bits per heavy atom. The van der Waals surface area contributed by atoms with Crippen LogP contribution in [0, 0.1) is 5.92 Å². The molecule has 0 amide bonds. The van der Waals surface area contributed by atoms with Crippen molar-refractivity contribution in [1.29, 1.82) is 0 Å². The van der Waals surface area contributed by atoms with E-state index in [9.17, 15) is 4.79 Å². The molecule has 0 aromatic heterocycles. The Labute approximate surface area is 96.9 Å². The van der Waals surface area contributed by atoms with E-state index >= 15 is 0 Å². The van der Waals surface area contributed by atoms with Gasteiger partial charge < -0.3 is 9.47 Å². The zero-order chi connectivity index (χ0) is 11.8.